The Morgan fingerprint density at radius 3 is 2.61 bits per heavy atom. The Balaban J connectivity index is 1.92. The summed E-state index contributed by atoms with van der Waals surface area (Å²) in [6, 6.07) is 16.1. The lowest BCUT2D eigenvalue weighted by Crippen LogP contribution is -2.37. The van der Waals surface area contributed by atoms with Crippen LogP contribution in [0.5, 0.6) is 11.5 Å². The smallest absolute Gasteiger partial charge is 0.165 e. The van der Waals surface area contributed by atoms with Crippen LogP contribution in [0.1, 0.15) is 30.4 Å². The van der Waals surface area contributed by atoms with Gasteiger partial charge in [0.15, 0.2) is 11.5 Å². The summed E-state index contributed by atoms with van der Waals surface area (Å²) in [6.07, 6.45) is 3.88. The molecule has 0 bridgehead atoms. The normalized spacial score (nSPS) is 20.1. The van der Waals surface area contributed by atoms with Crippen LogP contribution in [0, 0.1) is 0 Å². The molecule has 1 heterocycles. The van der Waals surface area contributed by atoms with Crippen LogP contribution >= 0.6 is 0 Å². The van der Waals surface area contributed by atoms with Gasteiger partial charge in [-0.15, -0.1) is 0 Å². The second kappa shape index (κ2) is 6.63. The number of fused-ring (bicyclic) bond motifs is 1. The molecule has 0 saturated carbocycles. The van der Waals surface area contributed by atoms with Crippen molar-refractivity contribution in [1.82, 2.24) is 4.90 Å². The molecule has 1 atom stereocenters. The molecule has 2 aromatic carbocycles. The molecule has 3 rings (SSSR count). The standard InChI is InChI=1S/C20H25NO2/c1-21(2)15-7-13-20(17-9-4-3-5-10-17)14-12-16-8-6-11-18(22)19(16)23-20/h3-6,8-11,22H,7,12-15H2,1-2H3. The molecule has 1 aliphatic rings. The van der Waals surface area contributed by atoms with E-state index in [4.69, 9.17) is 4.74 Å². The monoisotopic (exact) mass is 311 g/mol. The number of para-hydroxylation sites is 1. The van der Waals surface area contributed by atoms with E-state index in [1.54, 1.807) is 6.07 Å². The summed E-state index contributed by atoms with van der Waals surface area (Å²) in [5.74, 6) is 0.905. The van der Waals surface area contributed by atoms with Crippen LogP contribution in [0.4, 0.5) is 0 Å². The van der Waals surface area contributed by atoms with Gasteiger partial charge < -0.3 is 14.7 Å². The lowest BCUT2D eigenvalue weighted by atomic mass is 9.81. The van der Waals surface area contributed by atoms with Crippen LogP contribution in [0.3, 0.4) is 0 Å². The second-order valence-corrected chi connectivity index (χ2v) is 6.63. The number of aromatic hydroxyl groups is 1. The summed E-state index contributed by atoms with van der Waals surface area (Å²) >= 11 is 0. The Morgan fingerprint density at radius 1 is 1.09 bits per heavy atom. The van der Waals surface area contributed by atoms with Crippen molar-refractivity contribution >= 4 is 0 Å². The van der Waals surface area contributed by atoms with Gasteiger partial charge in [0, 0.05) is 0 Å². The molecule has 23 heavy (non-hydrogen) atoms. The maximum Gasteiger partial charge on any atom is 0.165 e. The van der Waals surface area contributed by atoms with Crippen molar-refractivity contribution < 1.29 is 9.84 Å². The average molecular weight is 311 g/mol. The largest absolute Gasteiger partial charge is 0.504 e. The first-order valence-electron chi connectivity index (χ1n) is 8.31. The zero-order chi connectivity index (χ0) is 16.3. The zero-order valence-corrected chi connectivity index (χ0v) is 14.0. The fraction of sp³-hybridized carbons (Fsp3) is 0.400. The van der Waals surface area contributed by atoms with E-state index >= 15 is 0 Å². The molecule has 3 heteroatoms. The molecule has 0 aromatic heterocycles. The molecule has 0 fully saturated rings. The van der Waals surface area contributed by atoms with Gasteiger partial charge in [-0.3, -0.25) is 0 Å². The van der Waals surface area contributed by atoms with Gasteiger partial charge in [-0.2, -0.15) is 0 Å². The predicted octanol–water partition coefficient (Wildman–Crippen LogP) is 3.95. The van der Waals surface area contributed by atoms with E-state index in [9.17, 15) is 5.11 Å². The first kappa shape index (κ1) is 15.9. The number of phenolic OH excluding ortho intramolecular Hbond substituents is 1. The number of hydrogen-bond acceptors (Lipinski definition) is 3. The van der Waals surface area contributed by atoms with Gasteiger partial charge in [-0.05, 0) is 63.5 Å². The van der Waals surface area contributed by atoms with Crippen LogP contribution in [-0.4, -0.2) is 30.6 Å². The Bertz CT molecular complexity index is 654. The fourth-order valence-electron chi connectivity index (χ4n) is 3.42. The number of benzene rings is 2. The maximum absolute atomic E-state index is 10.2. The lowest BCUT2D eigenvalue weighted by Gasteiger charge is -2.40. The second-order valence-electron chi connectivity index (χ2n) is 6.63. The molecular formula is C20H25NO2. The number of hydrogen-bond donors (Lipinski definition) is 1. The molecule has 0 spiro atoms. The van der Waals surface area contributed by atoms with E-state index in [0.29, 0.717) is 5.75 Å². The van der Waals surface area contributed by atoms with Crippen molar-refractivity contribution in [2.45, 2.75) is 31.3 Å². The van der Waals surface area contributed by atoms with Crippen LogP contribution in [0.2, 0.25) is 0 Å². The summed E-state index contributed by atoms with van der Waals surface area (Å²) in [6.45, 7) is 1.03. The first-order valence-corrected chi connectivity index (χ1v) is 8.31. The quantitative estimate of drug-likeness (QED) is 0.907. The first-order chi connectivity index (χ1) is 11.1. The molecule has 1 N–H and O–H groups in total. The van der Waals surface area contributed by atoms with Crippen LogP contribution < -0.4 is 4.74 Å². The number of rotatable bonds is 5. The maximum atomic E-state index is 10.2. The molecule has 2 aromatic rings. The van der Waals surface area contributed by atoms with Crippen molar-refractivity contribution in [3.8, 4) is 11.5 Å². The molecule has 0 saturated heterocycles. The van der Waals surface area contributed by atoms with Crippen molar-refractivity contribution in [1.29, 1.82) is 0 Å². The lowest BCUT2D eigenvalue weighted by molar-refractivity contribution is 0.0272. The van der Waals surface area contributed by atoms with Crippen molar-refractivity contribution in [3.63, 3.8) is 0 Å². The van der Waals surface area contributed by atoms with E-state index < -0.39 is 0 Å². The molecular weight excluding hydrogens is 286 g/mol. The van der Waals surface area contributed by atoms with E-state index in [2.05, 4.69) is 43.3 Å². The SMILES string of the molecule is CN(C)CCCC1(c2ccccc2)CCc2cccc(O)c2O1. The van der Waals surface area contributed by atoms with Gasteiger partial charge in [0.1, 0.15) is 5.60 Å². The number of phenols is 1. The highest BCUT2D eigenvalue weighted by Crippen LogP contribution is 2.46. The minimum Gasteiger partial charge on any atom is -0.504 e. The summed E-state index contributed by atoms with van der Waals surface area (Å²) in [7, 11) is 4.19. The van der Waals surface area contributed by atoms with Crippen molar-refractivity contribution in [2.75, 3.05) is 20.6 Å². The highest BCUT2D eigenvalue weighted by Gasteiger charge is 2.38. The van der Waals surface area contributed by atoms with Crippen LogP contribution in [-0.2, 0) is 12.0 Å². The molecule has 122 valence electrons. The number of aryl methyl sites for hydroxylation is 1. The molecule has 0 aliphatic carbocycles. The minimum atomic E-state index is -0.344. The third-order valence-corrected chi connectivity index (χ3v) is 4.66. The zero-order valence-electron chi connectivity index (χ0n) is 14.0. The molecule has 3 nitrogen and oxygen atoms in total. The molecule has 1 unspecified atom stereocenters. The Kier molecular flexibility index (Phi) is 4.58. The van der Waals surface area contributed by atoms with Gasteiger partial charge >= 0.3 is 0 Å². The minimum absolute atomic E-state index is 0.245. The molecule has 0 radical (unpaired) electrons. The van der Waals surface area contributed by atoms with Crippen LogP contribution in [0.15, 0.2) is 48.5 Å². The molecule has 1 aliphatic heterocycles. The van der Waals surface area contributed by atoms with E-state index in [1.807, 2.05) is 18.2 Å². The van der Waals surface area contributed by atoms with Crippen LogP contribution in [0.25, 0.3) is 0 Å². The van der Waals surface area contributed by atoms with Crippen molar-refractivity contribution in [3.05, 3.63) is 59.7 Å². The number of nitrogens with zero attached hydrogens (tertiary/aromatic N) is 1. The summed E-state index contributed by atoms with van der Waals surface area (Å²) in [5, 5.41) is 10.2. The summed E-state index contributed by atoms with van der Waals surface area (Å²) in [4.78, 5) is 2.20. The van der Waals surface area contributed by atoms with Gasteiger partial charge in [0.2, 0.25) is 0 Å². The average Bonchev–Trinajstić information content (AvgIpc) is 2.56. The Labute approximate surface area is 138 Å². The van der Waals surface area contributed by atoms with Gasteiger partial charge in [-0.25, -0.2) is 0 Å². The number of ether oxygens (including phenoxy) is 1. The highest BCUT2D eigenvalue weighted by atomic mass is 16.5. The third-order valence-electron chi connectivity index (χ3n) is 4.66. The predicted molar refractivity (Wildman–Crippen MR) is 93.0 cm³/mol. The topological polar surface area (TPSA) is 32.7 Å². The van der Waals surface area contributed by atoms with Crippen molar-refractivity contribution in [2.24, 2.45) is 0 Å². The van der Waals surface area contributed by atoms with E-state index in [-0.39, 0.29) is 11.4 Å². The van der Waals surface area contributed by atoms with Gasteiger partial charge in [-0.1, -0.05) is 42.5 Å². The fourth-order valence-corrected chi connectivity index (χ4v) is 3.42. The van der Waals surface area contributed by atoms with E-state index in [1.165, 1.54) is 5.56 Å². The Hall–Kier alpha value is -2.00. The highest BCUT2D eigenvalue weighted by molar-refractivity contribution is 5.48. The summed E-state index contributed by atoms with van der Waals surface area (Å²) in [5.41, 5.74) is 1.96. The van der Waals surface area contributed by atoms with E-state index in [0.717, 1.165) is 37.8 Å². The van der Waals surface area contributed by atoms with Gasteiger partial charge in [0.25, 0.3) is 0 Å². The van der Waals surface area contributed by atoms with Gasteiger partial charge in [0.05, 0.1) is 0 Å². The summed E-state index contributed by atoms with van der Waals surface area (Å²) < 4.78 is 6.45. The third kappa shape index (κ3) is 3.35. The molecule has 0 amide bonds. The Morgan fingerprint density at radius 2 is 1.87 bits per heavy atom.